The Morgan fingerprint density at radius 1 is 1.07 bits per heavy atom. The van der Waals surface area contributed by atoms with Gasteiger partial charge in [0.2, 0.25) is 0 Å². The number of amides is 1. The number of benzene rings is 3. The highest BCUT2D eigenvalue weighted by atomic mass is 35.5. The van der Waals surface area contributed by atoms with Gasteiger partial charge in [0, 0.05) is 28.7 Å². The van der Waals surface area contributed by atoms with Crippen LogP contribution in [-0.4, -0.2) is 36.3 Å². The van der Waals surface area contributed by atoms with Crippen LogP contribution in [0.3, 0.4) is 0 Å². The lowest BCUT2D eigenvalue weighted by atomic mass is 10.0. The summed E-state index contributed by atoms with van der Waals surface area (Å²) >= 11 is 5.91. The smallest absolute Gasteiger partial charge is 0.259 e. The lowest BCUT2D eigenvalue weighted by Gasteiger charge is -2.18. The number of fused-ring (bicyclic) bond motifs is 1. The Hall–Kier alpha value is -2.60. The van der Waals surface area contributed by atoms with Gasteiger partial charge < -0.3 is 20.5 Å². The van der Waals surface area contributed by atoms with Crippen molar-refractivity contribution >= 4 is 34.0 Å². The predicted octanol–water partition coefficient (Wildman–Crippen LogP) is 4.48. The van der Waals surface area contributed by atoms with Crippen LogP contribution in [0.15, 0.2) is 60.7 Å². The van der Waals surface area contributed by atoms with Gasteiger partial charge >= 0.3 is 0 Å². The van der Waals surface area contributed by atoms with Crippen molar-refractivity contribution in [3.05, 3.63) is 71.2 Å². The third kappa shape index (κ3) is 5.70. The average molecular weight is 413 g/mol. The highest BCUT2D eigenvalue weighted by molar-refractivity contribution is 6.30. The summed E-state index contributed by atoms with van der Waals surface area (Å²) in [6, 6.07) is 18.5. The van der Waals surface area contributed by atoms with E-state index < -0.39 is 6.10 Å². The maximum atomic E-state index is 12.9. The minimum absolute atomic E-state index is 0.0783. The van der Waals surface area contributed by atoms with E-state index in [4.69, 9.17) is 16.3 Å². The van der Waals surface area contributed by atoms with E-state index in [0.717, 1.165) is 10.8 Å². The van der Waals surface area contributed by atoms with Crippen molar-refractivity contribution in [1.29, 1.82) is 0 Å². The molecule has 6 heteroatoms. The molecule has 1 atom stereocenters. The second-order valence-electron chi connectivity index (χ2n) is 7.15. The predicted molar refractivity (Wildman–Crippen MR) is 118 cm³/mol. The molecule has 1 unspecified atom stereocenters. The molecule has 0 fully saturated rings. The molecule has 0 aromatic heterocycles. The van der Waals surface area contributed by atoms with Crippen LogP contribution in [0.25, 0.3) is 10.8 Å². The number of aliphatic hydroxyl groups is 1. The summed E-state index contributed by atoms with van der Waals surface area (Å²) < 4.78 is 5.95. The number of nitrogens with one attached hydrogen (secondary N) is 2. The third-order valence-corrected chi connectivity index (χ3v) is 4.66. The van der Waals surface area contributed by atoms with Gasteiger partial charge in [0.25, 0.3) is 5.91 Å². The van der Waals surface area contributed by atoms with Gasteiger partial charge in [-0.15, -0.1) is 0 Å². The molecule has 3 N–H and O–H groups in total. The largest absolute Gasteiger partial charge is 0.489 e. The van der Waals surface area contributed by atoms with Crippen molar-refractivity contribution < 1.29 is 14.6 Å². The van der Waals surface area contributed by atoms with Crippen LogP contribution in [0, 0.1) is 0 Å². The quantitative estimate of drug-likeness (QED) is 0.510. The molecule has 5 nitrogen and oxygen atoms in total. The average Bonchev–Trinajstić information content (AvgIpc) is 2.71. The van der Waals surface area contributed by atoms with Crippen molar-refractivity contribution in [2.75, 3.05) is 18.5 Å². The molecule has 3 aromatic rings. The number of rotatable bonds is 8. The topological polar surface area (TPSA) is 70.6 Å². The molecule has 0 bridgehead atoms. The molecular formula is C23H25ClN2O3. The Morgan fingerprint density at radius 2 is 1.79 bits per heavy atom. The Balaban J connectivity index is 1.85. The fraction of sp³-hybridized carbons (Fsp3) is 0.261. The monoisotopic (exact) mass is 412 g/mol. The number of carbonyl (C=O) groups excluding carboxylic acids is 1. The van der Waals surface area contributed by atoms with E-state index in [2.05, 4.69) is 10.6 Å². The molecule has 29 heavy (non-hydrogen) atoms. The van der Waals surface area contributed by atoms with Crippen LogP contribution in [0.4, 0.5) is 5.69 Å². The van der Waals surface area contributed by atoms with E-state index in [0.29, 0.717) is 28.6 Å². The van der Waals surface area contributed by atoms with Crippen molar-refractivity contribution in [2.24, 2.45) is 0 Å². The molecule has 152 valence electrons. The maximum Gasteiger partial charge on any atom is 0.259 e. The number of halogens is 1. The molecule has 0 aliphatic rings. The van der Waals surface area contributed by atoms with E-state index in [9.17, 15) is 9.90 Å². The van der Waals surface area contributed by atoms with Crippen LogP contribution < -0.4 is 15.4 Å². The van der Waals surface area contributed by atoms with E-state index in [1.807, 2.05) is 44.2 Å². The summed E-state index contributed by atoms with van der Waals surface area (Å²) in [6.07, 6.45) is -0.691. The molecule has 1 amide bonds. The minimum atomic E-state index is -0.691. The normalized spacial score (nSPS) is 12.2. The number of anilines is 1. The second-order valence-corrected chi connectivity index (χ2v) is 7.59. The molecular weight excluding hydrogens is 388 g/mol. The van der Waals surface area contributed by atoms with Gasteiger partial charge in [-0.25, -0.2) is 0 Å². The highest BCUT2D eigenvalue weighted by Crippen LogP contribution is 2.31. The first-order valence-electron chi connectivity index (χ1n) is 9.57. The van der Waals surface area contributed by atoms with Gasteiger partial charge in [-0.2, -0.15) is 0 Å². The number of ether oxygens (including phenoxy) is 1. The molecule has 0 heterocycles. The first-order valence-corrected chi connectivity index (χ1v) is 9.94. The zero-order chi connectivity index (χ0) is 20.8. The molecule has 0 saturated carbocycles. The van der Waals surface area contributed by atoms with Gasteiger partial charge in [0.1, 0.15) is 18.5 Å². The summed E-state index contributed by atoms with van der Waals surface area (Å²) in [5.41, 5.74) is 1.04. The summed E-state index contributed by atoms with van der Waals surface area (Å²) in [7, 11) is 0. The van der Waals surface area contributed by atoms with Crippen LogP contribution >= 0.6 is 11.6 Å². The molecule has 3 rings (SSSR count). The van der Waals surface area contributed by atoms with Gasteiger partial charge in [-0.3, -0.25) is 4.79 Å². The fourth-order valence-electron chi connectivity index (χ4n) is 2.92. The number of hydrogen-bond donors (Lipinski definition) is 3. The van der Waals surface area contributed by atoms with Crippen LogP contribution in [-0.2, 0) is 0 Å². The van der Waals surface area contributed by atoms with E-state index in [1.165, 1.54) is 0 Å². The van der Waals surface area contributed by atoms with Crippen molar-refractivity contribution in [1.82, 2.24) is 5.32 Å². The summed E-state index contributed by atoms with van der Waals surface area (Å²) in [5, 5.41) is 18.6. The number of aliphatic hydroxyl groups excluding tert-OH is 1. The second kappa shape index (κ2) is 9.74. The number of hydrogen-bond acceptors (Lipinski definition) is 4. The highest BCUT2D eigenvalue weighted by Gasteiger charge is 2.17. The summed E-state index contributed by atoms with van der Waals surface area (Å²) in [6.45, 7) is 4.51. The summed E-state index contributed by atoms with van der Waals surface area (Å²) in [5.74, 6) is 0.168. The zero-order valence-electron chi connectivity index (χ0n) is 16.5. The van der Waals surface area contributed by atoms with Gasteiger partial charge in [0.15, 0.2) is 0 Å². The SMILES string of the molecule is CC(C)NCC(O)COc1c(C(=O)Nc2ccc(Cl)cc2)ccc2ccccc12. The first-order chi connectivity index (χ1) is 13.9. The number of carbonyl (C=O) groups is 1. The van der Waals surface area contributed by atoms with Crippen molar-refractivity contribution in [2.45, 2.75) is 26.0 Å². The Morgan fingerprint density at radius 3 is 2.52 bits per heavy atom. The Bertz CT molecular complexity index is 974. The Labute approximate surface area is 175 Å². The van der Waals surface area contributed by atoms with E-state index in [1.54, 1.807) is 30.3 Å². The van der Waals surface area contributed by atoms with Gasteiger partial charge in [-0.05, 0) is 35.7 Å². The zero-order valence-corrected chi connectivity index (χ0v) is 17.2. The first kappa shape index (κ1) is 21.1. The van der Waals surface area contributed by atoms with Crippen LogP contribution in [0.2, 0.25) is 5.02 Å². The minimum Gasteiger partial charge on any atom is -0.489 e. The molecule has 3 aromatic carbocycles. The van der Waals surface area contributed by atoms with Crippen molar-refractivity contribution in [3.63, 3.8) is 0 Å². The standard InChI is InChI=1S/C23H25ClN2O3/c1-15(2)25-13-19(27)14-29-22-20-6-4-3-5-16(20)7-12-21(22)23(28)26-18-10-8-17(24)9-11-18/h3-12,15,19,25,27H,13-14H2,1-2H3,(H,26,28). The van der Waals surface area contributed by atoms with Crippen LogP contribution in [0.1, 0.15) is 24.2 Å². The van der Waals surface area contributed by atoms with Crippen LogP contribution in [0.5, 0.6) is 5.75 Å². The molecule has 0 aliphatic heterocycles. The molecule has 0 aliphatic carbocycles. The van der Waals surface area contributed by atoms with Crippen molar-refractivity contribution in [3.8, 4) is 5.75 Å². The maximum absolute atomic E-state index is 12.9. The molecule has 0 spiro atoms. The Kier molecular flexibility index (Phi) is 7.09. The molecule has 0 radical (unpaired) electrons. The third-order valence-electron chi connectivity index (χ3n) is 4.41. The summed E-state index contributed by atoms with van der Waals surface area (Å²) in [4.78, 5) is 12.9. The fourth-order valence-corrected chi connectivity index (χ4v) is 3.05. The van der Waals surface area contributed by atoms with Gasteiger partial charge in [-0.1, -0.05) is 55.8 Å². The molecule has 0 saturated heterocycles. The van der Waals surface area contributed by atoms with E-state index in [-0.39, 0.29) is 18.6 Å². The lowest BCUT2D eigenvalue weighted by molar-refractivity contribution is 0.0978. The van der Waals surface area contributed by atoms with E-state index >= 15 is 0 Å². The van der Waals surface area contributed by atoms with Gasteiger partial charge in [0.05, 0.1) is 5.56 Å². The lowest BCUT2D eigenvalue weighted by Crippen LogP contribution is -2.35.